The number of ether oxygens (including phenoxy) is 1. The molecular formula is C19H24F3NO4. The van der Waals surface area contributed by atoms with Gasteiger partial charge in [-0.2, -0.15) is 13.2 Å². The SMILES string of the molecule is CC(C)(C)OC(=O)N1CC(C(=O)O)CC(c2ccc(CC(F)(F)F)cc2)C1. The molecule has 2 rings (SSSR count). The van der Waals surface area contributed by atoms with Crippen LogP contribution in [0.4, 0.5) is 18.0 Å². The van der Waals surface area contributed by atoms with Crippen LogP contribution >= 0.6 is 0 Å². The number of aliphatic carboxylic acids is 1. The molecule has 0 aromatic heterocycles. The number of carboxylic acid groups (broad SMARTS) is 1. The maximum absolute atomic E-state index is 12.5. The van der Waals surface area contributed by atoms with Gasteiger partial charge < -0.3 is 14.7 Å². The first kappa shape index (κ1) is 21.1. The summed E-state index contributed by atoms with van der Waals surface area (Å²) in [7, 11) is 0. The predicted octanol–water partition coefficient (Wildman–Crippen LogP) is 4.22. The number of carboxylic acids is 1. The van der Waals surface area contributed by atoms with Gasteiger partial charge >= 0.3 is 18.2 Å². The summed E-state index contributed by atoms with van der Waals surface area (Å²) in [5.41, 5.74) is 0.142. The average molecular weight is 387 g/mol. The highest BCUT2D eigenvalue weighted by Gasteiger charge is 2.36. The Morgan fingerprint density at radius 1 is 1.15 bits per heavy atom. The standard InChI is InChI=1S/C19H24F3NO4/c1-18(2,3)27-17(26)23-10-14(8-15(11-23)16(24)25)13-6-4-12(5-7-13)9-19(20,21)22/h4-7,14-15H,8-11H2,1-3H3,(H,24,25). The fraction of sp³-hybridized carbons (Fsp3) is 0.579. The van der Waals surface area contributed by atoms with Crippen molar-refractivity contribution in [3.05, 3.63) is 35.4 Å². The first-order valence-corrected chi connectivity index (χ1v) is 8.70. The fourth-order valence-corrected chi connectivity index (χ4v) is 3.13. The Balaban J connectivity index is 2.17. The van der Waals surface area contributed by atoms with Gasteiger partial charge in [-0.1, -0.05) is 24.3 Å². The van der Waals surface area contributed by atoms with Crippen molar-refractivity contribution < 1.29 is 32.6 Å². The Bertz CT molecular complexity index is 680. The number of rotatable bonds is 3. The number of halogens is 3. The number of amides is 1. The number of likely N-dealkylation sites (tertiary alicyclic amines) is 1. The van der Waals surface area contributed by atoms with Crippen molar-refractivity contribution >= 4 is 12.1 Å². The molecule has 27 heavy (non-hydrogen) atoms. The van der Waals surface area contributed by atoms with Crippen LogP contribution in [0.5, 0.6) is 0 Å². The Labute approximate surface area is 156 Å². The van der Waals surface area contributed by atoms with Crippen LogP contribution in [0.15, 0.2) is 24.3 Å². The maximum Gasteiger partial charge on any atom is 0.410 e. The molecule has 8 heteroatoms. The maximum atomic E-state index is 12.5. The molecule has 1 N–H and O–H groups in total. The van der Waals surface area contributed by atoms with Crippen molar-refractivity contribution in [2.24, 2.45) is 5.92 Å². The third-order valence-electron chi connectivity index (χ3n) is 4.31. The molecule has 0 bridgehead atoms. The van der Waals surface area contributed by atoms with Crippen LogP contribution in [0.1, 0.15) is 44.2 Å². The molecule has 1 aromatic carbocycles. The van der Waals surface area contributed by atoms with Gasteiger partial charge in [-0.15, -0.1) is 0 Å². The Hall–Kier alpha value is -2.25. The summed E-state index contributed by atoms with van der Waals surface area (Å²) in [5.74, 6) is -2.06. The number of benzene rings is 1. The quantitative estimate of drug-likeness (QED) is 0.843. The zero-order valence-electron chi connectivity index (χ0n) is 15.5. The van der Waals surface area contributed by atoms with Crippen molar-refractivity contribution in [1.29, 1.82) is 0 Å². The van der Waals surface area contributed by atoms with E-state index in [9.17, 15) is 27.9 Å². The fourth-order valence-electron chi connectivity index (χ4n) is 3.13. The molecule has 1 fully saturated rings. The topological polar surface area (TPSA) is 66.8 Å². The van der Waals surface area contributed by atoms with Crippen molar-refractivity contribution in [2.75, 3.05) is 13.1 Å². The van der Waals surface area contributed by atoms with E-state index in [1.165, 1.54) is 17.0 Å². The molecule has 0 aliphatic carbocycles. The van der Waals surface area contributed by atoms with Crippen LogP contribution in [0.25, 0.3) is 0 Å². The molecule has 0 spiro atoms. The molecule has 1 aliphatic heterocycles. The minimum absolute atomic E-state index is 0.0485. The lowest BCUT2D eigenvalue weighted by Crippen LogP contribution is -2.47. The zero-order valence-corrected chi connectivity index (χ0v) is 15.5. The summed E-state index contributed by atoms with van der Waals surface area (Å²) in [6.45, 7) is 5.48. The second kappa shape index (κ2) is 7.78. The summed E-state index contributed by atoms with van der Waals surface area (Å²) in [6.07, 6.45) is -5.58. The molecule has 1 heterocycles. The Morgan fingerprint density at radius 3 is 2.22 bits per heavy atom. The lowest BCUT2D eigenvalue weighted by Gasteiger charge is -2.37. The van der Waals surface area contributed by atoms with Gasteiger partial charge in [-0.05, 0) is 38.3 Å². The normalized spacial score (nSPS) is 21.0. The molecule has 1 aliphatic rings. The molecule has 2 unspecified atom stereocenters. The molecule has 2 atom stereocenters. The van der Waals surface area contributed by atoms with Crippen LogP contribution in [0, 0.1) is 5.92 Å². The van der Waals surface area contributed by atoms with Gasteiger partial charge in [0.15, 0.2) is 0 Å². The number of hydrogen-bond acceptors (Lipinski definition) is 3. The zero-order chi connectivity index (χ0) is 20.4. The summed E-state index contributed by atoms with van der Waals surface area (Å²) < 4.78 is 42.8. The molecule has 1 saturated heterocycles. The first-order valence-electron chi connectivity index (χ1n) is 8.70. The van der Waals surface area contributed by atoms with E-state index >= 15 is 0 Å². The van der Waals surface area contributed by atoms with Crippen molar-refractivity contribution in [1.82, 2.24) is 4.90 Å². The molecule has 0 radical (unpaired) electrons. The van der Waals surface area contributed by atoms with Crippen LogP contribution in [-0.2, 0) is 16.0 Å². The van der Waals surface area contributed by atoms with E-state index in [0.717, 1.165) is 0 Å². The van der Waals surface area contributed by atoms with Crippen LogP contribution in [0.2, 0.25) is 0 Å². The second-order valence-corrected chi connectivity index (χ2v) is 7.89. The second-order valence-electron chi connectivity index (χ2n) is 7.89. The predicted molar refractivity (Wildman–Crippen MR) is 92.5 cm³/mol. The van der Waals surface area contributed by atoms with E-state index in [0.29, 0.717) is 12.0 Å². The average Bonchev–Trinajstić information content (AvgIpc) is 2.52. The van der Waals surface area contributed by atoms with Gasteiger partial charge in [0, 0.05) is 19.0 Å². The monoisotopic (exact) mass is 387 g/mol. The van der Waals surface area contributed by atoms with Gasteiger partial charge in [0.2, 0.25) is 0 Å². The molecular weight excluding hydrogens is 363 g/mol. The number of nitrogens with zero attached hydrogens (tertiary/aromatic N) is 1. The molecule has 1 aromatic rings. The summed E-state index contributed by atoms with van der Waals surface area (Å²) in [6, 6.07) is 5.93. The number of alkyl halides is 3. The van der Waals surface area contributed by atoms with E-state index in [1.54, 1.807) is 32.9 Å². The van der Waals surface area contributed by atoms with Gasteiger partial charge in [-0.3, -0.25) is 4.79 Å². The largest absolute Gasteiger partial charge is 0.481 e. The summed E-state index contributed by atoms with van der Waals surface area (Å²) >= 11 is 0. The number of carbonyl (C=O) groups excluding carboxylic acids is 1. The van der Waals surface area contributed by atoms with Crippen molar-refractivity contribution in [3.8, 4) is 0 Å². The third kappa shape index (κ3) is 6.45. The minimum Gasteiger partial charge on any atom is -0.481 e. The lowest BCUT2D eigenvalue weighted by atomic mass is 9.84. The molecule has 5 nitrogen and oxygen atoms in total. The smallest absolute Gasteiger partial charge is 0.410 e. The lowest BCUT2D eigenvalue weighted by molar-refractivity contribution is -0.143. The highest BCUT2D eigenvalue weighted by atomic mass is 19.4. The van der Waals surface area contributed by atoms with E-state index in [2.05, 4.69) is 0 Å². The van der Waals surface area contributed by atoms with Crippen LogP contribution in [0.3, 0.4) is 0 Å². The van der Waals surface area contributed by atoms with Gasteiger partial charge in [-0.25, -0.2) is 4.79 Å². The number of piperidine rings is 1. The van der Waals surface area contributed by atoms with Gasteiger partial charge in [0.1, 0.15) is 5.60 Å². The van der Waals surface area contributed by atoms with E-state index in [4.69, 9.17) is 4.74 Å². The Morgan fingerprint density at radius 2 is 1.74 bits per heavy atom. The Kier molecular flexibility index (Phi) is 6.07. The number of carbonyl (C=O) groups is 2. The third-order valence-corrected chi connectivity index (χ3v) is 4.31. The van der Waals surface area contributed by atoms with Crippen molar-refractivity contribution in [3.63, 3.8) is 0 Å². The molecule has 150 valence electrons. The van der Waals surface area contributed by atoms with E-state index in [1.807, 2.05) is 0 Å². The van der Waals surface area contributed by atoms with Gasteiger partial charge in [0.25, 0.3) is 0 Å². The van der Waals surface area contributed by atoms with Crippen molar-refractivity contribution in [2.45, 2.75) is 51.3 Å². The first-order chi connectivity index (χ1) is 12.3. The van der Waals surface area contributed by atoms with Crippen LogP contribution in [-0.4, -0.2) is 46.9 Å². The highest BCUT2D eigenvalue weighted by molar-refractivity contribution is 5.73. The van der Waals surface area contributed by atoms with Crippen LogP contribution < -0.4 is 0 Å². The molecule has 0 saturated carbocycles. The summed E-state index contributed by atoms with van der Waals surface area (Å²) in [5, 5.41) is 9.40. The summed E-state index contributed by atoms with van der Waals surface area (Å²) in [4.78, 5) is 25.2. The number of hydrogen-bond donors (Lipinski definition) is 1. The highest BCUT2D eigenvalue weighted by Crippen LogP contribution is 2.32. The van der Waals surface area contributed by atoms with E-state index < -0.39 is 36.2 Å². The van der Waals surface area contributed by atoms with Gasteiger partial charge in [0.05, 0.1) is 12.3 Å². The van der Waals surface area contributed by atoms with E-state index in [-0.39, 0.29) is 24.6 Å². The molecule has 1 amide bonds. The minimum atomic E-state index is -4.28.